The predicted octanol–water partition coefficient (Wildman–Crippen LogP) is 2.08. The Labute approximate surface area is 125 Å². The standard InChI is InChI=1S/C13H18N2O2.2ClH/c14-12(13(16)17)9-10-3-5-11(6-4-10)15-7-1-2-8-15;;/h3-6,12H,1-2,7-9,14H2,(H,16,17);2*1H. The van der Waals surface area contributed by atoms with Crippen LogP contribution in [0, 0.1) is 0 Å². The maximum absolute atomic E-state index is 10.6. The van der Waals surface area contributed by atoms with Gasteiger partial charge in [0.2, 0.25) is 0 Å². The van der Waals surface area contributed by atoms with E-state index in [1.54, 1.807) is 0 Å². The van der Waals surface area contributed by atoms with E-state index in [1.165, 1.54) is 18.5 Å². The molecule has 0 aliphatic carbocycles. The van der Waals surface area contributed by atoms with Crippen molar-refractivity contribution >= 4 is 36.5 Å². The second kappa shape index (κ2) is 8.25. The van der Waals surface area contributed by atoms with Gasteiger partial charge < -0.3 is 15.7 Å². The zero-order valence-electron chi connectivity index (χ0n) is 10.6. The lowest BCUT2D eigenvalue weighted by Gasteiger charge is -2.18. The molecule has 1 aliphatic heterocycles. The van der Waals surface area contributed by atoms with Crippen LogP contribution in [0.5, 0.6) is 0 Å². The summed E-state index contributed by atoms with van der Waals surface area (Å²) in [4.78, 5) is 13.0. The Bertz CT molecular complexity index is 392. The van der Waals surface area contributed by atoms with Crippen LogP contribution in [0.3, 0.4) is 0 Å². The van der Waals surface area contributed by atoms with Crippen LogP contribution in [0.1, 0.15) is 18.4 Å². The van der Waals surface area contributed by atoms with Crippen LogP contribution in [0.15, 0.2) is 24.3 Å². The average Bonchev–Trinajstić information content (AvgIpc) is 2.83. The SMILES string of the molecule is Cl.Cl.NC(Cc1ccc(N2CCCC2)cc1)C(=O)O. The summed E-state index contributed by atoms with van der Waals surface area (Å²) in [6.45, 7) is 2.24. The number of aliphatic carboxylic acids is 1. The van der Waals surface area contributed by atoms with Crippen LogP contribution in [0.2, 0.25) is 0 Å². The fraction of sp³-hybridized carbons (Fsp3) is 0.462. The number of benzene rings is 1. The monoisotopic (exact) mass is 306 g/mol. The number of hydrogen-bond donors (Lipinski definition) is 2. The van der Waals surface area contributed by atoms with Gasteiger partial charge in [-0.05, 0) is 37.0 Å². The Hall–Kier alpha value is -0.970. The Kier molecular flexibility index (Phi) is 7.83. The minimum absolute atomic E-state index is 0. The highest BCUT2D eigenvalue weighted by Gasteiger charge is 2.14. The molecule has 3 N–H and O–H groups in total. The van der Waals surface area contributed by atoms with Crippen LogP contribution in [0.4, 0.5) is 5.69 Å². The highest BCUT2D eigenvalue weighted by molar-refractivity contribution is 5.85. The quantitative estimate of drug-likeness (QED) is 0.894. The maximum Gasteiger partial charge on any atom is 0.320 e. The van der Waals surface area contributed by atoms with E-state index in [2.05, 4.69) is 17.0 Å². The summed E-state index contributed by atoms with van der Waals surface area (Å²) in [5, 5.41) is 8.74. The van der Waals surface area contributed by atoms with Crippen LogP contribution in [-0.2, 0) is 11.2 Å². The molecule has 0 radical (unpaired) electrons. The average molecular weight is 307 g/mol. The van der Waals surface area contributed by atoms with E-state index in [9.17, 15) is 4.79 Å². The van der Waals surface area contributed by atoms with Crippen molar-refractivity contribution < 1.29 is 9.90 Å². The van der Waals surface area contributed by atoms with Gasteiger partial charge in [0.15, 0.2) is 0 Å². The first kappa shape index (κ1) is 18.0. The molecule has 1 aromatic rings. The van der Waals surface area contributed by atoms with Gasteiger partial charge >= 0.3 is 5.97 Å². The molecule has 108 valence electrons. The number of carboxylic acids is 1. The fourth-order valence-electron chi connectivity index (χ4n) is 2.16. The smallest absolute Gasteiger partial charge is 0.320 e. The molecule has 4 nitrogen and oxygen atoms in total. The van der Waals surface area contributed by atoms with E-state index >= 15 is 0 Å². The molecular formula is C13H20Cl2N2O2. The van der Waals surface area contributed by atoms with Gasteiger partial charge in [0.1, 0.15) is 6.04 Å². The van der Waals surface area contributed by atoms with Crippen molar-refractivity contribution in [3.63, 3.8) is 0 Å². The van der Waals surface area contributed by atoms with Crippen LogP contribution in [0.25, 0.3) is 0 Å². The lowest BCUT2D eigenvalue weighted by atomic mass is 10.1. The Morgan fingerprint density at radius 1 is 1.21 bits per heavy atom. The lowest BCUT2D eigenvalue weighted by Crippen LogP contribution is -2.32. The molecule has 0 aromatic heterocycles. The highest BCUT2D eigenvalue weighted by atomic mass is 35.5. The fourth-order valence-corrected chi connectivity index (χ4v) is 2.16. The van der Waals surface area contributed by atoms with E-state index in [0.29, 0.717) is 6.42 Å². The molecule has 2 rings (SSSR count). The first-order valence-electron chi connectivity index (χ1n) is 5.99. The van der Waals surface area contributed by atoms with Crippen molar-refractivity contribution in [2.24, 2.45) is 5.73 Å². The number of nitrogens with zero attached hydrogens (tertiary/aromatic N) is 1. The molecule has 1 heterocycles. The van der Waals surface area contributed by atoms with Crippen molar-refractivity contribution in [1.29, 1.82) is 0 Å². The number of nitrogens with two attached hydrogens (primary N) is 1. The summed E-state index contributed by atoms with van der Waals surface area (Å²) in [6, 6.07) is 7.23. The minimum atomic E-state index is -0.950. The van der Waals surface area contributed by atoms with E-state index in [1.807, 2.05) is 12.1 Å². The molecule has 1 aromatic carbocycles. The third-order valence-electron chi connectivity index (χ3n) is 3.18. The van der Waals surface area contributed by atoms with E-state index < -0.39 is 12.0 Å². The lowest BCUT2D eigenvalue weighted by molar-refractivity contribution is -0.138. The first-order valence-corrected chi connectivity index (χ1v) is 5.99. The maximum atomic E-state index is 10.6. The van der Waals surface area contributed by atoms with E-state index in [4.69, 9.17) is 10.8 Å². The molecule has 1 unspecified atom stereocenters. The number of rotatable bonds is 4. The van der Waals surface area contributed by atoms with Crippen molar-refractivity contribution in [1.82, 2.24) is 0 Å². The summed E-state index contributed by atoms with van der Waals surface area (Å²) >= 11 is 0. The molecule has 1 atom stereocenters. The third-order valence-corrected chi connectivity index (χ3v) is 3.18. The number of carboxylic acid groups (broad SMARTS) is 1. The van der Waals surface area contributed by atoms with Gasteiger partial charge in [0.05, 0.1) is 0 Å². The summed E-state index contributed by atoms with van der Waals surface area (Å²) in [5.41, 5.74) is 7.69. The van der Waals surface area contributed by atoms with Gasteiger partial charge in [0, 0.05) is 18.8 Å². The third kappa shape index (κ3) is 4.90. The molecule has 1 aliphatic rings. The summed E-state index contributed by atoms with van der Waals surface area (Å²) in [6.07, 6.45) is 2.90. The molecule has 0 saturated carbocycles. The molecule has 1 saturated heterocycles. The van der Waals surface area contributed by atoms with Crippen LogP contribution < -0.4 is 10.6 Å². The van der Waals surface area contributed by atoms with Gasteiger partial charge in [-0.15, -0.1) is 24.8 Å². The van der Waals surface area contributed by atoms with E-state index in [-0.39, 0.29) is 24.8 Å². The molecule has 0 bridgehead atoms. The molecule has 0 amide bonds. The summed E-state index contributed by atoms with van der Waals surface area (Å²) < 4.78 is 0. The molecular weight excluding hydrogens is 287 g/mol. The summed E-state index contributed by atoms with van der Waals surface area (Å²) in [5.74, 6) is -0.950. The highest BCUT2D eigenvalue weighted by Crippen LogP contribution is 2.20. The van der Waals surface area contributed by atoms with Crippen molar-refractivity contribution in [2.45, 2.75) is 25.3 Å². The molecule has 1 fully saturated rings. The van der Waals surface area contributed by atoms with Crippen molar-refractivity contribution in [2.75, 3.05) is 18.0 Å². The zero-order valence-corrected chi connectivity index (χ0v) is 12.3. The second-order valence-electron chi connectivity index (χ2n) is 4.51. The number of carbonyl (C=O) groups is 1. The van der Waals surface area contributed by atoms with E-state index in [0.717, 1.165) is 18.7 Å². The normalized spacial score (nSPS) is 15.3. The minimum Gasteiger partial charge on any atom is -0.480 e. The topological polar surface area (TPSA) is 66.6 Å². The van der Waals surface area contributed by atoms with Gasteiger partial charge in [-0.3, -0.25) is 4.79 Å². The van der Waals surface area contributed by atoms with Crippen LogP contribution >= 0.6 is 24.8 Å². The van der Waals surface area contributed by atoms with Gasteiger partial charge in [0.25, 0.3) is 0 Å². The largest absolute Gasteiger partial charge is 0.480 e. The predicted molar refractivity (Wildman–Crippen MR) is 81.7 cm³/mol. The Morgan fingerprint density at radius 3 is 2.21 bits per heavy atom. The summed E-state index contributed by atoms with van der Waals surface area (Å²) in [7, 11) is 0. The van der Waals surface area contributed by atoms with Gasteiger partial charge in [-0.1, -0.05) is 12.1 Å². The zero-order chi connectivity index (χ0) is 12.3. The number of anilines is 1. The van der Waals surface area contributed by atoms with Crippen molar-refractivity contribution in [3.05, 3.63) is 29.8 Å². The Morgan fingerprint density at radius 2 is 1.74 bits per heavy atom. The number of hydrogen-bond acceptors (Lipinski definition) is 3. The van der Waals surface area contributed by atoms with Gasteiger partial charge in [-0.2, -0.15) is 0 Å². The first-order chi connectivity index (χ1) is 8.16. The van der Waals surface area contributed by atoms with Crippen LogP contribution in [-0.4, -0.2) is 30.2 Å². The second-order valence-corrected chi connectivity index (χ2v) is 4.51. The molecule has 19 heavy (non-hydrogen) atoms. The molecule has 0 spiro atoms. The van der Waals surface area contributed by atoms with Gasteiger partial charge in [-0.25, -0.2) is 0 Å². The van der Waals surface area contributed by atoms with Crippen molar-refractivity contribution in [3.8, 4) is 0 Å². The number of halogens is 2. The molecule has 6 heteroatoms. The Balaban J connectivity index is 0.00000162.